The number of halogens is 1. The zero-order valence-electron chi connectivity index (χ0n) is 7.70. The van der Waals surface area contributed by atoms with Crippen LogP contribution in [-0.4, -0.2) is 23.3 Å². The third-order valence-electron chi connectivity index (χ3n) is 1.34. The van der Waals surface area contributed by atoms with Gasteiger partial charge in [0.15, 0.2) is 0 Å². The first-order valence-corrected chi connectivity index (χ1v) is 5.89. The molecule has 0 aliphatic carbocycles. The van der Waals surface area contributed by atoms with Crippen LogP contribution in [0.15, 0.2) is 27.8 Å². The highest BCUT2D eigenvalue weighted by Crippen LogP contribution is 2.20. The Labute approximate surface area is 95.4 Å². The van der Waals surface area contributed by atoms with Crippen LogP contribution >= 0.6 is 27.7 Å². The number of esters is 1. The summed E-state index contributed by atoms with van der Waals surface area (Å²) in [5.41, 5.74) is 0. The van der Waals surface area contributed by atoms with Crippen molar-refractivity contribution in [2.45, 2.75) is 11.8 Å². The number of carbonyl (C=O) groups excluding carboxylic acids is 1. The minimum absolute atomic E-state index is 0.197. The zero-order valence-corrected chi connectivity index (χ0v) is 10.1. The molecule has 1 aromatic rings. The van der Waals surface area contributed by atoms with Gasteiger partial charge in [-0.15, -0.1) is 11.8 Å². The molecule has 0 N–H and O–H groups in total. The number of rotatable bonds is 4. The molecule has 76 valence electrons. The van der Waals surface area contributed by atoms with Crippen LogP contribution in [-0.2, 0) is 9.53 Å². The van der Waals surface area contributed by atoms with Crippen LogP contribution in [0.4, 0.5) is 0 Å². The fraction of sp³-hybridized carbons (Fsp3) is 0.333. The summed E-state index contributed by atoms with van der Waals surface area (Å²) in [5, 5.41) is 0. The largest absolute Gasteiger partial charge is 0.465 e. The van der Waals surface area contributed by atoms with Crippen molar-refractivity contribution in [3.05, 3.63) is 22.9 Å². The molecule has 0 aliphatic heterocycles. The maximum absolute atomic E-state index is 11.0. The summed E-state index contributed by atoms with van der Waals surface area (Å²) in [5.74, 6) is 0.129. The van der Waals surface area contributed by atoms with Crippen LogP contribution in [0, 0.1) is 0 Å². The minimum Gasteiger partial charge on any atom is -0.465 e. The molecule has 0 spiro atoms. The van der Waals surface area contributed by atoms with E-state index in [1.165, 1.54) is 11.8 Å². The fourth-order valence-electron chi connectivity index (χ4n) is 0.816. The maximum atomic E-state index is 11.0. The molecule has 5 heteroatoms. The summed E-state index contributed by atoms with van der Waals surface area (Å²) in [7, 11) is 0. The van der Waals surface area contributed by atoms with Gasteiger partial charge in [0.2, 0.25) is 0 Å². The van der Waals surface area contributed by atoms with Gasteiger partial charge in [0.1, 0.15) is 0 Å². The molecule has 0 aliphatic rings. The van der Waals surface area contributed by atoms with E-state index in [0.717, 1.165) is 9.37 Å². The van der Waals surface area contributed by atoms with Crippen LogP contribution in [0.1, 0.15) is 6.92 Å². The highest BCUT2D eigenvalue weighted by molar-refractivity contribution is 9.10. The Kier molecular flexibility index (Phi) is 4.97. The number of carbonyl (C=O) groups is 1. The van der Waals surface area contributed by atoms with E-state index in [2.05, 4.69) is 20.9 Å². The maximum Gasteiger partial charge on any atom is 0.316 e. The lowest BCUT2D eigenvalue weighted by Crippen LogP contribution is -2.06. The number of hydrogen-bond donors (Lipinski definition) is 0. The van der Waals surface area contributed by atoms with Gasteiger partial charge in [-0.05, 0) is 28.9 Å². The first kappa shape index (κ1) is 11.5. The number of nitrogens with zero attached hydrogens (tertiary/aromatic N) is 1. The van der Waals surface area contributed by atoms with Crippen molar-refractivity contribution >= 4 is 33.7 Å². The van der Waals surface area contributed by atoms with Crippen LogP contribution in [0.5, 0.6) is 0 Å². The SMILES string of the molecule is CCOC(=O)CSc1cncc(Br)c1. The Morgan fingerprint density at radius 2 is 2.43 bits per heavy atom. The topological polar surface area (TPSA) is 39.2 Å². The standard InChI is InChI=1S/C9H10BrNO2S/c1-2-13-9(12)6-14-8-3-7(10)4-11-5-8/h3-5H,2,6H2,1H3. The molecule has 1 rings (SSSR count). The number of thioether (sulfide) groups is 1. The highest BCUT2D eigenvalue weighted by atomic mass is 79.9. The van der Waals surface area contributed by atoms with Gasteiger partial charge in [-0.25, -0.2) is 0 Å². The Balaban J connectivity index is 2.41. The van der Waals surface area contributed by atoms with Crippen LogP contribution in [0.25, 0.3) is 0 Å². The van der Waals surface area contributed by atoms with E-state index in [1.54, 1.807) is 19.3 Å². The summed E-state index contributed by atoms with van der Waals surface area (Å²) >= 11 is 4.72. The molecule has 0 saturated heterocycles. The average molecular weight is 276 g/mol. The molecule has 0 radical (unpaired) electrons. The second kappa shape index (κ2) is 6.03. The van der Waals surface area contributed by atoms with Gasteiger partial charge in [-0.1, -0.05) is 0 Å². The van der Waals surface area contributed by atoms with Gasteiger partial charge < -0.3 is 4.74 Å². The van der Waals surface area contributed by atoms with Crippen molar-refractivity contribution in [3.63, 3.8) is 0 Å². The average Bonchev–Trinajstić information content (AvgIpc) is 2.15. The van der Waals surface area contributed by atoms with Crippen molar-refractivity contribution in [3.8, 4) is 0 Å². The molecule has 0 amide bonds. The minimum atomic E-state index is -0.197. The third-order valence-corrected chi connectivity index (χ3v) is 2.71. The monoisotopic (exact) mass is 275 g/mol. The summed E-state index contributed by atoms with van der Waals surface area (Å²) in [6.07, 6.45) is 3.42. The normalized spacial score (nSPS) is 9.86. The predicted octanol–water partition coefficient (Wildman–Crippen LogP) is 2.50. The first-order chi connectivity index (χ1) is 6.72. The zero-order chi connectivity index (χ0) is 10.4. The van der Waals surface area contributed by atoms with Gasteiger partial charge in [-0.2, -0.15) is 0 Å². The second-order valence-corrected chi connectivity index (χ2v) is 4.40. The number of pyridine rings is 1. The van der Waals surface area contributed by atoms with Crippen molar-refractivity contribution in [1.82, 2.24) is 4.98 Å². The molecule has 0 unspecified atom stereocenters. The molecule has 0 saturated carbocycles. The lowest BCUT2D eigenvalue weighted by Gasteiger charge is -2.01. The van der Waals surface area contributed by atoms with Crippen molar-refractivity contribution in [2.75, 3.05) is 12.4 Å². The molecule has 0 bridgehead atoms. The van der Waals surface area contributed by atoms with Crippen molar-refractivity contribution in [2.24, 2.45) is 0 Å². The predicted molar refractivity (Wildman–Crippen MR) is 59.3 cm³/mol. The van der Waals surface area contributed by atoms with Crippen molar-refractivity contribution < 1.29 is 9.53 Å². The molecule has 3 nitrogen and oxygen atoms in total. The molecule has 1 heterocycles. The van der Waals surface area contributed by atoms with Gasteiger partial charge in [-0.3, -0.25) is 9.78 Å². The van der Waals surface area contributed by atoms with Gasteiger partial charge in [0.25, 0.3) is 0 Å². The van der Waals surface area contributed by atoms with E-state index in [0.29, 0.717) is 12.4 Å². The number of hydrogen-bond acceptors (Lipinski definition) is 4. The molecule has 0 fully saturated rings. The van der Waals surface area contributed by atoms with E-state index in [9.17, 15) is 4.79 Å². The van der Waals surface area contributed by atoms with Gasteiger partial charge in [0.05, 0.1) is 12.4 Å². The number of ether oxygens (including phenoxy) is 1. The van der Waals surface area contributed by atoms with Gasteiger partial charge >= 0.3 is 5.97 Å². The Bertz CT molecular complexity index is 319. The molecule has 1 aromatic heterocycles. The highest BCUT2D eigenvalue weighted by Gasteiger charge is 2.03. The summed E-state index contributed by atoms with van der Waals surface area (Å²) in [4.78, 5) is 16.0. The molecule has 0 atom stereocenters. The van der Waals surface area contributed by atoms with E-state index in [-0.39, 0.29) is 5.97 Å². The second-order valence-electron chi connectivity index (χ2n) is 2.43. The molecular formula is C9H10BrNO2S. The lowest BCUT2D eigenvalue weighted by atomic mass is 10.5. The van der Waals surface area contributed by atoms with E-state index >= 15 is 0 Å². The Morgan fingerprint density at radius 3 is 3.07 bits per heavy atom. The van der Waals surface area contributed by atoms with E-state index < -0.39 is 0 Å². The molecular weight excluding hydrogens is 266 g/mol. The lowest BCUT2D eigenvalue weighted by molar-refractivity contribution is -0.139. The van der Waals surface area contributed by atoms with Crippen LogP contribution in [0.2, 0.25) is 0 Å². The van der Waals surface area contributed by atoms with Crippen molar-refractivity contribution in [1.29, 1.82) is 0 Å². The summed E-state index contributed by atoms with van der Waals surface area (Å²) in [6, 6.07) is 1.91. The fourth-order valence-corrected chi connectivity index (χ4v) is 2.05. The third kappa shape index (κ3) is 4.11. The smallest absolute Gasteiger partial charge is 0.316 e. The first-order valence-electron chi connectivity index (χ1n) is 4.11. The van der Waals surface area contributed by atoms with E-state index in [1.807, 2.05) is 6.07 Å². The quantitative estimate of drug-likeness (QED) is 0.625. The Morgan fingerprint density at radius 1 is 1.64 bits per heavy atom. The number of aromatic nitrogens is 1. The Hall–Kier alpha value is -0.550. The summed E-state index contributed by atoms with van der Waals surface area (Å²) in [6.45, 7) is 2.22. The molecule has 14 heavy (non-hydrogen) atoms. The summed E-state index contributed by atoms with van der Waals surface area (Å²) < 4.78 is 5.71. The molecule has 0 aromatic carbocycles. The van der Waals surface area contributed by atoms with Crippen LogP contribution < -0.4 is 0 Å². The van der Waals surface area contributed by atoms with E-state index in [4.69, 9.17) is 4.74 Å². The van der Waals surface area contributed by atoms with Gasteiger partial charge in [0, 0.05) is 21.8 Å². The van der Waals surface area contributed by atoms with Crippen LogP contribution in [0.3, 0.4) is 0 Å².